The van der Waals surface area contributed by atoms with Crippen molar-refractivity contribution >= 4 is 5.97 Å². The quantitative estimate of drug-likeness (QED) is 0.0743. The van der Waals surface area contributed by atoms with Gasteiger partial charge in [0.15, 0.2) is 18.7 Å². The van der Waals surface area contributed by atoms with Crippen LogP contribution in [-0.4, -0.2) is 79.1 Å². The van der Waals surface area contributed by atoms with Crippen LogP contribution in [0.4, 0.5) is 0 Å². The Balaban J connectivity index is 1.18. The van der Waals surface area contributed by atoms with Gasteiger partial charge in [-0.05, 0) is 46.9 Å². The van der Waals surface area contributed by atoms with E-state index >= 15 is 0 Å². The van der Waals surface area contributed by atoms with E-state index < -0.39 is 67.4 Å². The average Bonchev–Trinajstić information content (AvgIpc) is 3.35. The van der Waals surface area contributed by atoms with Gasteiger partial charge in [-0.15, -0.1) is 0 Å². The van der Waals surface area contributed by atoms with Gasteiger partial charge in [-0.1, -0.05) is 170 Å². The first-order valence-corrected chi connectivity index (χ1v) is 22.1. The molecule has 0 unspecified atom stereocenters. The van der Waals surface area contributed by atoms with Gasteiger partial charge in [-0.2, -0.15) is 0 Å². The largest absolute Gasteiger partial charge is 0.453 e. The number of carbonyl (C=O) groups is 1. The molecular weight excluding hydrogens is 825 g/mol. The van der Waals surface area contributed by atoms with Crippen LogP contribution in [0.3, 0.4) is 0 Å². The molecule has 0 aliphatic carbocycles. The van der Waals surface area contributed by atoms with Crippen LogP contribution in [-0.2, 0) is 75.7 Å². The Hall–Kier alpha value is -5.57. The minimum atomic E-state index is -1.46. The van der Waals surface area contributed by atoms with Crippen LogP contribution >= 0.6 is 0 Å². The van der Waals surface area contributed by atoms with Crippen molar-refractivity contribution in [3.05, 3.63) is 215 Å². The molecule has 6 aromatic rings. The molecule has 2 saturated heterocycles. The smallest absolute Gasteiger partial charge is 0.338 e. The highest BCUT2D eigenvalue weighted by atomic mass is 16.7. The first-order valence-electron chi connectivity index (χ1n) is 22.1. The predicted molar refractivity (Wildman–Crippen MR) is 242 cm³/mol. The van der Waals surface area contributed by atoms with E-state index in [4.69, 9.17) is 42.6 Å². The highest BCUT2D eigenvalue weighted by Crippen LogP contribution is 2.36. The summed E-state index contributed by atoms with van der Waals surface area (Å²) >= 11 is 0. The number of hydrogen-bond donors (Lipinski definition) is 1. The van der Waals surface area contributed by atoms with Crippen molar-refractivity contribution in [3.63, 3.8) is 0 Å². The molecule has 0 spiro atoms. The van der Waals surface area contributed by atoms with Crippen LogP contribution in [0.15, 0.2) is 182 Å². The van der Waals surface area contributed by atoms with Gasteiger partial charge >= 0.3 is 5.97 Å². The fraction of sp³-hybridized carbons (Fsp3) is 0.315. The molecule has 11 heteroatoms. The van der Waals surface area contributed by atoms with Gasteiger partial charge < -0.3 is 47.7 Å². The second-order valence-corrected chi connectivity index (χ2v) is 16.2. The van der Waals surface area contributed by atoms with Gasteiger partial charge in [0.25, 0.3) is 0 Å². The lowest BCUT2D eigenvalue weighted by atomic mass is 9.96. The summed E-state index contributed by atoms with van der Waals surface area (Å²) in [5.74, 6) is -0.593. The molecule has 0 bridgehead atoms. The van der Waals surface area contributed by atoms with E-state index in [9.17, 15) is 9.90 Å². The Morgan fingerprint density at radius 3 is 1.34 bits per heavy atom. The standard InChI is InChI=1S/C54H56O11/c1-38-46(64-52(55)44-30-18-7-19-31-44)49(50(53(56)62-38)60-35-42-26-14-5-15-27-42)65-54-51(61-36-43-28-16-6-17-29-43)48(59-34-41-24-12-4-13-25-41)47(58-33-40-22-10-3-11-23-40)45(63-54)37-57-32-39-20-8-2-9-21-39/h2-31,38,45-51,53-54,56H,32-37H2,1H3/t38-,45+,46-,47+,48-,49+,50+,51+,53-,54+/m0/s1. The average molecular weight is 881 g/mol. The molecule has 0 saturated carbocycles. The molecular formula is C54H56O11. The predicted octanol–water partition coefficient (Wildman–Crippen LogP) is 8.62. The lowest BCUT2D eigenvalue weighted by Crippen LogP contribution is -2.66. The topological polar surface area (TPSA) is 120 Å². The first-order chi connectivity index (χ1) is 32.0. The molecule has 2 aliphatic rings. The number of aliphatic hydroxyl groups excluding tert-OH is 1. The van der Waals surface area contributed by atoms with E-state index in [0.29, 0.717) is 12.2 Å². The summed E-state index contributed by atoms with van der Waals surface area (Å²) in [6.07, 6.45) is -10.1. The van der Waals surface area contributed by atoms with E-state index in [1.165, 1.54) is 0 Å². The Morgan fingerprint density at radius 2 is 0.862 bits per heavy atom. The van der Waals surface area contributed by atoms with Gasteiger partial charge in [0, 0.05) is 0 Å². The molecule has 0 amide bonds. The minimum absolute atomic E-state index is 0.0952. The first kappa shape index (κ1) is 46.0. The molecule has 11 nitrogen and oxygen atoms in total. The van der Waals surface area contributed by atoms with Gasteiger partial charge in [-0.25, -0.2) is 4.79 Å². The number of esters is 1. The number of carbonyl (C=O) groups excluding carboxylic acids is 1. The van der Waals surface area contributed by atoms with Crippen LogP contribution in [0.5, 0.6) is 0 Å². The third-order valence-electron chi connectivity index (χ3n) is 11.4. The summed E-state index contributed by atoms with van der Waals surface area (Å²) in [6, 6.07) is 57.7. The Labute approximate surface area is 380 Å². The van der Waals surface area contributed by atoms with E-state index in [1.54, 1.807) is 31.2 Å². The third kappa shape index (κ3) is 12.8. The molecule has 2 heterocycles. The molecule has 2 fully saturated rings. The van der Waals surface area contributed by atoms with Crippen LogP contribution < -0.4 is 0 Å². The van der Waals surface area contributed by atoms with Crippen molar-refractivity contribution in [1.29, 1.82) is 0 Å². The molecule has 2 aliphatic heterocycles. The highest BCUT2D eigenvalue weighted by molar-refractivity contribution is 5.89. The number of hydrogen-bond acceptors (Lipinski definition) is 11. The van der Waals surface area contributed by atoms with Crippen LogP contribution in [0.1, 0.15) is 45.1 Å². The maximum atomic E-state index is 13.8. The normalized spacial score (nSPS) is 25.4. The van der Waals surface area contributed by atoms with Crippen molar-refractivity contribution in [2.24, 2.45) is 0 Å². The van der Waals surface area contributed by atoms with Gasteiger partial charge in [0.1, 0.15) is 36.6 Å². The lowest BCUT2D eigenvalue weighted by Gasteiger charge is -2.49. The lowest BCUT2D eigenvalue weighted by molar-refractivity contribution is -0.369. The molecule has 0 radical (unpaired) electrons. The van der Waals surface area contributed by atoms with Gasteiger partial charge in [-0.3, -0.25) is 0 Å². The number of rotatable bonds is 20. The zero-order valence-electron chi connectivity index (χ0n) is 36.4. The zero-order chi connectivity index (χ0) is 44.6. The maximum Gasteiger partial charge on any atom is 0.338 e. The summed E-state index contributed by atoms with van der Waals surface area (Å²) in [5, 5.41) is 11.7. The van der Waals surface area contributed by atoms with Crippen molar-refractivity contribution in [1.82, 2.24) is 0 Å². The molecule has 1 N–H and O–H groups in total. The second kappa shape index (κ2) is 23.6. The summed E-state index contributed by atoms with van der Waals surface area (Å²) in [4.78, 5) is 13.8. The molecule has 6 aromatic carbocycles. The number of aliphatic hydroxyl groups is 1. The summed E-state index contributed by atoms with van der Waals surface area (Å²) in [5.41, 5.74) is 5.01. The molecule has 10 atom stereocenters. The van der Waals surface area contributed by atoms with E-state index in [2.05, 4.69) is 0 Å². The maximum absolute atomic E-state index is 13.8. The van der Waals surface area contributed by atoms with Gasteiger partial charge in [0.2, 0.25) is 0 Å². The number of ether oxygens (including phenoxy) is 9. The monoisotopic (exact) mass is 880 g/mol. The van der Waals surface area contributed by atoms with Gasteiger partial charge in [0.05, 0.1) is 51.3 Å². The Bertz CT molecular complexity index is 2270. The third-order valence-corrected chi connectivity index (χ3v) is 11.4. The molecule has 338 valence electrons. The summed E-state index contributed by atoms with van der Waals surface area (Å²) < 4.78 is 60.1. The molecule has 0 aromatic heterocycles. The SMILES string of the molecule is C[C@@H]1O[C@H](O)[C@H](OCc2ccccc2)[C@H](O[C@H]2O[C@H](COCc3ccccc3)[C@@H](OCc3ccccc3)[C@H](OCc3ccccc3)[C@H]2OCc2ccccc2)[C@H]1OC(=O)c1ccccc1. The molecule has 65 heavy (non-hydrogen) atoms. The summed E-state index contributed by atoms with van der Waals surface area (Å²) in [6.45, 7) is 2.89. The zero-order valence-corrected chi connectivity index (χ0v) is 36.4. The summed E-state index contributed by atoms with van der Waals surface area (Å²) in [7, 11) is 0. The van der Waals surface area contributed by atoms with Crippen molar-refractivity contribution in [2.45, 2.75) is 101 Å². The van der Waals surface area contributed by atoms with Crippen LogP contribution in [0, 0.1) is 0 Å². The van der Waals surface area contributed by atoms with Crippen LogP contribution in [0.25, 0.3) is 0 Å². The highest BCUT2D eigenvalue weighted by Gasteiger charge is 2.54. The van der Waals surface area contributed by atoms with E-state index in [0.717, 1.165) is 27.8 Å². The van der Waals surface area contributed by atoms with E-state index in [1.807, 2.05) is 158 Å². The van der Waals surface area contributed by atoms with E-state index in [-0.39, 0.29) is 33.0 Å². The van der Waals surface area contributed by atoms with Crippen LogP contribution in [0.2, 0.25) is 0 Å². The van der Waals surface area contributed by atoms with Crippen molar-refractivity contribution < 1.29 is 52.5 Å². The fourth-order valence-electron chi connectivity index (χ4n) is 8.03. The van der Waals surface area contributed by atoms with Crippen molar-refractivity contribution in [2.75, 3.05) is 6.61 Å². The second-order valence-electron chi connectivity index (χ2n) is 16.2. The Kier molecular flexibility index (Phi) is 16.7. The van der Waals surface area contributed by atoms with Crippen molar-refractivity contribution in [3.8, 4) is 0 Å². The minimum Gasteiger partial charge on any atom is -0.453 e. The fourth-order valence-corrected chi connectivity index (χ4v) is 8.03. The Morgan fingerprint density at radius 1 is 0.462 bits per heavy atom. The molecule has 8 rings (SSSR count). The number of benzene rings is 6.